The third-order valence-corrected chi connectivity index (χ3v) is 7.23. The van der Waals surface area contributed by atoms with Gasteiger partial charge in [-0.05, 0) is 43.3 Å². The molecule has 9 heteroatoms. The quantitative estimate of drug-likeness (QED) is 0.499. The Hall–Kier alpha value is -1.32. The maximum absolute atomic E-state index is 4.51. The van der Waals surface area contributed by atoms with E-state index in [-0.39, 0.29) is 0 Å². The molecule has 0 saturated heterocycles. The van der Waals surface area contributed by atoms with Gasteiger partial charge in [0.15, 0.2) is 16.0 Å². The van der Waals surface area contributed by atoms with Crippen molar-refractivity contribution >= 4 is 56.5 Å². The number of thiophene rings is 1. The standard InChI is InChI=1S/C15H16N6S3/c1-7-4-5-8-9(6-7)24-12-10(8)11-16-18-14(22-2)20(11)13-17-19-15(23-3)21(12)13/h7H,4-6H2,1-3H3/t7-/m0/s1. The van der Waals surface area contributed by atoms with Crippen molar-refractivity contribution in [1.29, 1.82) is 0 Å². The van der Waals surface area contributed by atoms with E-state index in [2.05, 4.69) is 36.1 Å². The van der Waals surface area contributed by atoms with Gasteiger partial charge in [-0.25, -0.2) is 8.80 Å². The molecule has 1 aliphatic rings. The molecular formula is C15H16N6S3. The zero-order valence-corrected chi connectivity index (χ0v) is 16.1. The van der Waals surface area contributed by atoms with E-state index in [1.807, 2.05) is 23.8 Å². The van der Waals surface area contributed by atoms with E-state index in [1.54, 1.807) is 23.5 Å². The largest absolute Gasteiger partial charge is 0.245 e. The number of aromatic nitrogens is 6. The summed E-state index contributed by atoms with van der Waals surface area (Å²) in [7, 11) is 0. The first-order valence-corrected chi connectivity index (χ1v) is 11.1. The van der Waals surface area contributed by atoms with Gasteiger partial charge in [0.1, 0.15) is 4.83 Å². The molecule has 1 aliphatic carbocycles. The minimum atomic E-state index is 0.748. The van der Waals surface area contributed by atoms with Gasteiger partial charge in [-0.2, -0.15) is 0 Å². The number of fused-ring (bicyclic) bond motifs is 8. The summed E-state index contributed by atoms with van der Waals surface area (Å²) in [5.41, 5.74) is 2.38. The lowest BCUT2D eigenvalue weighted by Crippen LogP contribution is -2.08. The molecule has 0 radical (unpaired) electrons. The fourth-order valence-corrected chi connectivity index (χ4v) is 6.10. The summed E-state index contributed by atoms with van der Waals surface area (Å²) in [5.74, 6) is 1.56. The third kappa shape index (κ3) is 1.86. The first-order chi connectivity index (χ1) is 11.7. The van der Waals surface area contributed by atoms with Gasteiger partial charge < -0.3 is 0 Å². The van der Waals surface area contributed by atoms with Crippen LogP contribution in [0.5, 0.6) is 0 Å². The van der Waals surface area contributed by atoms with Gasteiger partial charge in [0, 0.05) is 4.88 Å². The zero-order valence-electron chi connectivity index (χ0n) is 13.6. The van der Waals surface area contributed by atoms with Gasteiger partial charge in [-0.3, -0.25) is 0 Å². The van der Waals surface area contributed by atoms with Gasteiger partial charge in [0.05, 0.1) is 5.39 Å². The van der Waals surface area contributed by atoms with Crippen molar-refractivity contribution < 1.29 is 0 Å². The highest BCUT2D eigenvalue weighted by Gasteiger charge is 2.27. The molecule has 0 saturated carbocycles. The molecule has 4 heterocycles. The molecule has 0 bridgehead atoms. The van der Waals surface area contributed by atoms with Crippen LogP contribution in [-0.2, 0) is 12.8 Å². The fraction of sp³-hybridized carbons (Fsp3) is 0.467. The zero-order chi connectivity index (χ0) is 16.4. The number of hydrogen-bond acceptors (Lipinski definition) is 7. The molecule has 4 aromatic heterocycles. The van der Waals surface area contributed by atoms with Crippen LogP contribution in [0.15, 0.2) is 10.3 Å². The summed E-state index contributed by atoms with van der Waals surface area (Å²) < 4.78 is 4.24. The van der Waals surface area contributed by atoms with Crippen LogP contribution in [0, 0.1) is 5.92 Å². The molecule has 5 rings (SSSR count). The number of nitrogens with zero attached hydrogens (tertiary/aromatic N) is 6. The van der Waals surface area contributed by atoms with Crippen LogP contribution in [0.1, 0.15) is 23.8 Å². The van der Waals surface area contributed by atoms with Gasteiger partial charge in [0.2, 0.25) is 5.78 Å². The molecule has 1 atom stereocenters. The van der Waals surface area contributed by atoms with Crippen LogP contribution in [0.4, 0.5) is 0 Å². The Morgan fingerprint density at radius 1 is 1.04 bits per heavy atom. The highest BCUT2D eigenvalue weighted by Crippen LogP contribution is 2.41. The fourth-order valence-electron chi connectivity index (χ4n) is 3.59. The van der Waals surface area contributed by atoms with Crippen LogP contribution in [0.2, 0.25) is 0 Å². The molecule has 0 aliphatic heterocycles. The van der Waals surface area contributed by atoms with Crippen LogP contribution in [-0.4, -0.2) is 41.7 Å². The second kappa shape index (κ2) is 5.34. The monoisotopic (exact) mass is 376 g/mol. The van der Waals surface area contributed by atoms with Crippen molar-refractivity contribution in [3.63, 3.8) is 0 Å². The van der Waals surface area contributed by atoms with Crippen LogP contribution in [0.25, 0.3) is 21.6 Å². The first kappa shape index (κ1) is 15.0. The van der Waals surface area contributed by atoms with Crippen LogP contribution >= 0.6 is 34.9 Å². The summed E-state index contributed by atoms with van der Waals surface area (Å²) in [6, 6.07) is 0. The highest BCUT2D eigenvalue weighted by molar-refractivity contribution is 7.98. The van der Waals surface area contributed by atoms with E-state index in [9.17, 15) is 0 Å². The molecule has 0 fully saturated rings. The third-order valence-electron chi connectivity index (χ3n) is 4.73. The van der Waals surface area contributed by atoms with Gasteiger partial charge in [-0.15, -0.1) is 31.7 Å². The van der Waals surface area contributed by atoms with E-state index >= 15 is 0 Å². The summed E-state index contributed by atoms with van der Waals surface area (Å²) in [6.07, 6.45) is 7.58. The molecule has 24 heavy (non-hydrogen) atoms. The number of aryl methyl sites for hydroxylation is 1. The lowest BCUT2D eigenvalue weighted by Gasteiger charge is -2.17. The van der Waals surface area contributed by atoms with Gasteiger partial charge in [-0.1, -0.05) is 30.4 Å². The summed E-state index contributed by atoms with van der Waals surface area (Å²) in [4.78, 5) is 2.71. The second-order valence-electron chi connectivity index (χ2n) is 6.20. The van der Waals surface area contributed by atoms with Crippen molar-refractivity contribution in [1.82, 2.24) is 29.2 Å². The molecule has 0 N–H and O–H groups in total. The number of thioether (sulfide) groups is 2. The molecule has 0 amide bonds. The van der Waals surface area contributed by atoms with E-state index in [0.717, 1.165) is 40.5 Å². The van der Waals surface area contributed by atoms with E-state index in [0.29, 0.717) is 0 Å². The molecule has 124 valence electrons. The SMILES string of the molecule is CSc1nnc2c3c4c(sc3n3c(SC)nnc3n12)C[C@@H](C)CC4. The topological polar surface area (TPSA) is 60.4 Å². The minimum Gasteiger partial charge on any atom is -0.245 e. The predicted molar refractivity (Wildman–Crippen MR) is 99.7 cm³/mol. The molecule has 0 unspecified atom stereocenters. The minimum absolute atomic E-state index is 0.748. The Balaban J connectivity index is 2.03. The molecule has 6 nitrogen and oxygen atoms in total. The molecule has 0 spiro atoms. The Morgan fingerprint density at radius 3 is 2.58 bits per heavy atom. The highest BCUT2D eigenvalue weighted by atomic mass is 32.2. The lowest BCUT2D eigenvalue weighted by atomic mass is 9.89. The van der Waals surface area contributed by atoms with Crippen LogP contribution in [0.3, 0.4) is 0 Å². The molecular weight excluding hydrogens is 360 g/mol. The second-order valence-corrected chi connectivity index (χ2v) is 8.83. The predicted octanol–water partition coefficient (Wildman–Crippen LogP) is 3.56. The summed E-state index contributed by atoms with van der Waals surface area (Å²) >= 11 is 5.10. The number of rotatable bonds is 2. The summed E-state index contributed by atoms with van der Waals surface area (Å²) in [5, 5.41) is 20.8. The van der Waals surface area contributed by atoms with Crippen molar-refractivity contribution in [3.05, 3.63) is 10.4 Å². The lowest BCUT2D eigenvalue weighted by molar-refractivity contribution is 0.509. The number of hydrogen-bond donors (Lipinski definition) is 0. The van der Waals surface area contributed by atoms with E-state index < -0.39 is 0 Å². The van der Waals surface area contributed by atoms with Crippen molar-refractivity contribution in [2.45, 2.75) is 36.5 Å². The van der Waals surface area contributed by atoms with Gasteiger partial charge in [0.25, 0.3) is 0 Å². The average molecular weight is 377 g/mol. The van der Waals surface area contributed by atoms with E-state index in [1.165, 1.54) is 27.1 Å². The van der Waals surface area contributed by atoms with Crippen molar-refractivity contribution in [2.75, 3.05) is 12.5 Å². The van der Waals surface area contributed by atoms with Crippen LogP contribution < -0.4 is 0 Å². The molecule has 4 aromatic rings. The maximum atomic E-state index is 4.51. The van der Waals surface area contributed by atoms with Crippen molar-refractivity contribution in [2.24, 2.45) is 5.92 Å². The van der Waals surface area contributed by atoms with E-state index in [4.69, 9.17) is 0 Å². The Kier molecular flexibility index (Phi) is 3.33. The smallest absolute Gasteiger partial charge is 0.245 e. The maximum Gasteiger partial charge on any atom is 0.245 e. The first-order valence-electron chi connectivity index (χ1n) is 7.87. The average Bonchev–Trinajstić information content (AvgIpc) is 3.27. The summed E-state index contributed by atoms with van der Waals surface area (Å²) in [6.45, 7) is 2.34. The van der Waals surface area contributed by atoms with Crippen molar-refractivity contribution in [3.8, 4) is 0 Å². The van der Waals surface area contributed by atoms with Gasteiger partial charge >= 0.3 is 0 Å². The Bertz CT molecular complexity index is 1090. The molecule has 0 aromatic carbocycles. The Labute approximate surface area is 151 Å². The Morgan fingerprint density at radius 2 is 1.79 bits per heavy atom. The normalized spacial score (nSPS) is 18.0.